The van der Waals surface area contributed by atoms with E-state index in [-0.39, 0.29) is 17.5 Å². The second kappa shape index (κ2) is 5.64. The van der Waals surface area contributed by atoms with Crippen molar-refractivity contribution in [2.24, 2.45) is 0 Å². The number of rotatable bonds is 5. The van der Waals surface area contributed by atoms with E-state index in [9.17, 15) is 13.5 Å². The summed E-state index contributed by atoms with van der Waals surface area (Å²) >= 11 is 0. The van der Waals surface area contributed by atoms with Crippen molar-refractivity contribution in [2.75, 3.05) is 4.72 Å². The second-order valence-electron chi connectivity index (χ2n) is 4.67. The normalized spacial score (nSPS) is 11.8. The van der Waals surface area contributed by atoms with Crippen LogP contribution in [-0.2, 0) is 16.6 Å². The number of aromatic nitrogens is 2. The maximum Gasteiger partial charge on any atom is 0.262 e. The number of nitrogens with one attached hydrogen (secondary N) is 1. The smallest absolute Gasteiger partial charge is 0.262 e. The van der Waals surface area contributed by atoms with Gasteiger partial charge in [0.25, 0.3) is 10.0 Å². The van der Waals surface area contributed by atoms with Gasteiger partial charge < -0.3 is 5.11 Å². The summed E-state index contributed by atoms with van der Waals surface area (Å²) in [6, 6.07) is 6.48. The molecule has 0 aliphatic carbocycles. The Morgan fingerprint density at radius 2 is 2.05 bits per heavy atom. The third kappa shape index (κ3) is 3.00. The zero-order valence-electron chi connectivity index (χ0n) is 11.3. The number of anilines is 1. The Morgan fingerprint density at radius 3 is 2.65 bits per heavy atom. The van der Waals surface area contributed by atoms with Crippen LogP contribution in [-0.4, -0.2) is 23.3 Å². The first-order valence-electron chi connectivity index (χ1n) is 6.20. The maximum atomic E-state index is 12.3. The highest BCUT2D eigenvalue weighted by Crippen LogP contribution is 2.20. The number of sulfonamides is 1. The first-order valence-corrected chi connectivity index (χ1v) is 7.68. The van der Waals surface area contributed by atoms with Crippen molar-refractivity contribution >= 4 is 15.7 Å². The maximum absolute atomic E-state index is 12.3. The molecule has 2 N–H and O–H groups in total. The molecule has 2 rings (SSSR count). The van der Waals surface area contributed by atoms with Gasteiger partial charge in [0.2, 0.25) is 0 Å². The van der Waals surface area contributed by atoms with E-state index in [1.807, 2.05) is 13.8 Å². The van der Waals surface area contributed by atoms with Gasteiger partial charge in [-0.2, -0.15) is 5.10 Å². The highest BCUT2D eigenvalue weighted by molar-refractivity contribution is 7.92. The van der Waals surface area contributed by atoms with Gasteiger partial charge in [-0.05, 0) is 25.5 Å². The third-order valence-electron chi connectivity index (χ3n) is 2.82. The van der Waals surface area contributed by atoms with Crippen molar-refractivity contribution in [2.45, 2.75) is 31.4 Å². The average molecular weight is 295 g/mol. The molecule has 2 aromatic rings. The Hall–Kier alpha value is -1.86. The zero-order valence-corrected chi connectivity index (χ0v) is 12.1. The van der Waals surface area contributed by atoms with Crippen molar-refractivity contribution < 1.29 is 13.5 Å². The zero-order chi connectivity index (χ0) is 14.8. The second-order valence-corrected chi connectivity index (χ2v) is 6.32. The molecule has 0 atom stereocenters. The minimum atomic E-state index is -3.73. The van der Waals surface area contributed by atoms with Crippen LogP contribution in [0.1, 0.15) is 25.5 Å². The summed E-state index contributed by atoms with van der Waals surface area (Å²) in [6.07, 6.45) is 3.09. The van der Waals surface area contributed by atoms with Crippen LogP contribution in [0.15, 0.2) is 41.6 Å². The predicted octanol–water partition coefficient (Wildman–Crippen LogP) is 1.76. The summed E-state index contributed by atoms with van der Waals surface area (Å²) < 4.78 is 28.7. The summed E-state index contributed by atoms with van der Waals surface area (Å²) in [5, 5.41) is 13.3. The van der Waals surface area contributed by atoms with Crippen LogP contribution in [0, 0.1) is 0 Å². The first-order chi connectivity index (χ1) is 9.44. The standard InChI is InChI=1S/C13H17N3O3S/c1-10(2)16-8-12(7-14-16)15-20(18,19)13-6-4-3-5-11(13)9-17/h3-8,10,15,17H,9H2,1-2H3. The van der Waals surface area contributed by atoms with Gasteiger partial charge in [0.15, 0.2) is 0 Å². The molecule has 1 heterocycles. The van der Waals surface area contributed by atoms with Gasteiger partial charge in [-0.3, -0.25) is 9.40 Å². The average Bonchev–Trinajstić information content (AvgIpc) is 2.86. The number of aliphatic hydroxyl groups excluding tert-OH is 1. The number of benzene rings is 1. The molecule has 0 aliphatic heterocycles. The molecule has 1 aromatic heterocycles. The molecule has 0 saturated heterocycles. The number of hydrogen-bond acceptors (Lipinski definition) is 4. The minimum Gasteiger partial charge on any atom is -0.392 e. The van der Waals surface area contributed by atoms with Gasteiger partial charge in [0.05, 0.1) is 23.4 Å². The van der Waals surface area contributed by atoms with Crippen molar-refractivity contribution in [3.8, 4) is 0 Å². The molecule has 20 heavy (non-hydrogen) atoms. The fraction of sp³-hybridized carbons (Fsp3) is 0.308. The van der Waals surface area contributed by atoms with E-state index >= 15 is 0 Å². The lowest BCUT2D eigenvalue weighted by Crippen LogP contribution is -2.14. The Bertz CT molecular complexity index is 692. The summed E-state index contributed by atoms with van der Waals surface area (Å²) in [4.78, 5) is 0.0693. The molecule has 7 heteroatoms. The summed E-state index contributed by atoms with van der Waals surface area (Å²) in [7, 11) is -3.73. The molecule has 0 unspecified atom stereocenters. The summed E-state index contributed by atoms with van der Waals surface area (Å²) in [6.45, 7) is 3.57. The van der Waals surface area contributed by atoms with Gasteiger partial charge in [-0.25, -0.2) is 8.42 Å². The van der Waals surface area contributed by atoms with Crippen LogP contribution in [0.3, 0.4) is 0 Å². The van der Waals surface area contributed by atoms with E-state index in [0.717, 1.165) is 0 Å². The Kier molecular flexibility index (Phi) is 4.10. The highest BCUT2D eigenvalue weighted by atomic mass is 32.2. The van der Waals surface area contributed by atoms with Crippen LogP contribution in [0.4, 0.5) is 5.69 Å². The Balaban J connectivity index is 2.31. The van der Waals surface area contributed by atoms with Crippen molar-refractivity contribution in [3.63, 3.8) is 0 Å². The first kappa shape index (κ1) is 14.5. The molecule has 0 amide bonds. The summed E-state index contributed by atoms with van der Waals surface area (Å²) in [5.74, 6) is 0. The van der Waals surface area contributed by atoms with Crippen LogP contribution in [0.5, 0.6) is 0 Å². The van der Waals surface area contributed by atoms with Gasteiger partial charge in [-0.15, -0.1) is 0 Å². The monoisotopic (exact) mass is 295 g/mol. The molecule has 0 saturated carbocycles. The van der Waals surface area contributed by atoms with Gasteiger partial charge >= 0.3 is 0 Å². The Labute approximate surface area is 118 Å². The molecule has 0 fully saturated rings. The molecular formula is C13H17N3O3S. The Morgan fingerprint density at radius 1 is 1.35 bits per heavy atom. The van der Waals surface area contributed by atoms with Crippen LogP contribution in [0.25, 0.3) is 0 Å². The van der Waals surface area contributed by atoms with Crippen LogP contribution in [0.2, 0.25) is 0 Å². The molecule has 6 nitrogen and oxygen atoms in total. The lowest BCUT2D eigenvalue weighted by atomic mass is 10.2. The van der Waals surface area contributed by atoms with Gasteiger partial charge in [0, 0.05) is 12.2 Å². The van der Waals surface area contributed by atoms with E-state index in [1.165, 1.54) is 12.3 Å². The third-order valence-corrected chi connectivity index (χ3v) is 4.30. The van der Waals surface area contributed by atoms with E-state index in [2.05, 4.69) is 9.82 Å². The number of nitrogens with zero attached hydrogens (tertiary/aromatic N) is 2. The summed E-state index contributed by atoms with van der Waals surface area (Å²) in [5.41, 5.74) is 0.752. The molecule has 1 aromatic carbocycles. The van der Waals surface area contributed by atoms with E-state index < -0.39 is 10.0 Å². The van der Waals surface area contributed by atoms with Crippen molar-refractivity contribution in [3.05, 3.63) is 42.2 Å². The van der Waals surface area contributed by atoms with Crippen molar-refractivity contribution in [1.29, 1.82) is 0 Å². The highest BCUT2D eigenvalue weighted by Gasteiger charge is 2.18. The molecule has 0 bridgehead atoms. The van der Waals surface area contributed by atoms with Crippen molar-refractivity contribution in [1.82, 2.24) is 9.78 Å². The van der Waals surface area contributed by atoms with Crippen LogP contribution >= 0.6 is 0 Å². The molecular weight excluding hydrogens is 278 g/mol. The lowest BCUT2D eigenvalue weighted by Gasteiger charge is -2.09. The molecule has 108 valence electrons. The topological polar surface area (TPSA) is 84.2 Å². The number of hydrogen-bond donors (Lipinski definition) is 2. The molecule has 0 aliphatic rings. The van der Waals surface area contributed by atoms with Gasteiger partial charge in [0.1, 0.15) is 0 Å². The fourth-order valence-corrected chi connectivity index (χ4v) is 3.04. The van der Waals surface area contributed by atoms with Gasteiger partial charge in [-0.1, -0.05) is 18.2 Å². The minimum absolute atomic E-state index is 0.0693. The van der Waals surface area contributed by atoms with Crippen LogP contribution < -0.4 is 4.72 Å². The van der Waals surface area contributed by atoms with E-state index in [0.29, 0.717) is 11.3 Å². The van der Waals surface area contributed by atoms with E-state index in [4.69, 9.17) is 0 Å². The fourth-order valence-electron chi connectivity index (χ4n) is 1.78. The molecule has 0 spiro atoms. The molecule has 0 radical (unpaired) electrons. The largest absolute Gasteiger partial charge is 0.392 e. The quantitative estimate of drug-likeness (QED) is 0.880. The SMILES string of the molecule is CC(C)n1cc(NS(=O)(=O)c2ccccc2CO)cn1. The van der Waals surface area contributed by atoms with E-state index in [1.54, 1.807) is 29.1 Å². The number of aliphatic hydroxyl groups is 1. The lowest BCUT2D eigenvalue weighted by molar-refractivity contribution is 0.278. The predicted molar refractivity (Wildman–Crippen MR) is 75.8 cm³/mol.